The minimum Gasteiger partial charge on any atom is -0.469 e. The molecule has 5 heteroatoms. The number of rotatable bonds is 9. The van der Waals surface area contributed by atoms with Crippen LogP contribution in [0.25, 0.3) is 0 Å². The number of hydrogen-bond donors (Lipinski definition) is 1. The Kier molecular flexibility index (Phi) is 5.80. The molecule has 2 rings (SSSR count). The van der Waals surface area contributed by atoms with Gasteiger partial charge in [0.05, 0.1) is 6.26 Å². The first-order chi connectivity index (χ1) is 9.83. The van der Waals surface area contributed by atoms with Gasteiger partial charge in [-0.2, -0.15) is 5.10 Å². The molecule has 5 nitrogen and oxygen atoms in total. The van der Waals surface area contributed by atoms with Crippen LogP contribution in [0.5, 0.6) is 0 Å². The quantitative estimate of drug-likeness (QED) is 0.764. The molecule has 0 aliphatic rings. The molecule has 20 heavy (non-hydrogen) atoms. The van der Waals surface area contributed by atoms with E-state index in [1.54, 1.807) is 12.6 Å². The highest BCUT2D eigenvalue weighted by molar-refractivity contribution is 4.99. The van der Waals surface area contributed by atoms with Gasteiger partial charge < -0.3 is 9.73 Å². The Bertz CT molecular complexity index is 478. The van der Waals surface area contributed by atoms with Crippen molar-refractivity contribution in [3.63, 3.8) is 0 Å². The van der Waals surface area contributed by atoms with Gasteiger partial charge in [0.1, 0.15) is 17.9 Å². The SMILES string of the molecule is CCCn1ncnc1CC(CCc1ccco1)NCC. The topological polar surface area (TPSA) is 55.9 Å². The van der Waals surface area contributed by atoms with E-state index in [0.717, 1.165) is 50.4 Å². The van der Waals surface area contributed by atoms with Gasteiger partial charge in [0.2, 0.25) is 0 Å². The molecule has 2 aromatic heterocycles. The van der Waals surface area contributed by atoms with Gasteiger partial charge in [-0.1, -0.05) is 13.8 Å². The second-order valence-corrected chi connectivity index (χ2v) is 4.98. The van der Waals surface area contributed by atoms with Crippen molar-refractivity contribution in [1.29, 1.82) is 0 Å². The summed E-state index contributed by atoms with van der Waals surface area (Å²) in [6, 6.07) is 4.38. The molecule has 0 spiro atoms. The molecule has 0 aromatic carbocycles. The predicted octanol–water partition coefficient (Wildman–Crippen LogP) is 2.43. The van der Waals surface area contributed by atoms with Gasteiger partial charge in [0, 0.05) is 25.4 Å². The molecule has 1 atom stereocenters. The normalized spacial score (nSPS) is 12.7. The molecular weight excluding hydrogens is 252 g/mol. The van der Waals surface area contributed by atoms with Gasteiger partial charge in [-0.15, -0.1) is 0 Å². The molecule has 1 N–H and O–H groups in total. The predicted molar refractivity (Wildman–Crippen MR) is 78.5 cm³/mol. The summed E-state index contributed by atoms with van der Waals surface area (Å²) >= 11 is 0. The highest BCUT2D eigenvalue weighted by Crippen LogP contribution is 2.09. The van der Waals surface area contributed by atoms with E-state index in [0.29, 0.717) is 6.04 Å². The molecule has 0 saturated heterocycles. The number of likely N-dealkylation sites (N-methyl/N-ethyl adjacent to an activating group) is 1. The van der Waals surface area contributed by atoms with E-state index in [2.05, 4.69) is 29.2 Å². The largest absolute Gasteiger partial charge is 0.469 e. The Morgan fingerprint density at radius 3 is 3.00 bits per heavy atom. The number of aromatic nitrogens is 3. The van der Waals surface area contributed by atoms with Crippen molar-refractivity contribution in [3.05, 3.63) is 36.3 Å². The molecule has 0 amide bonds. The smallest absolute Gasteiger partial charge is 0.138 e. The van der Waals surface area contributed by atoms with E-state index < -0.39 is 0 Å². The lowest BCUT2D eigenvalue weighted by molar-refractivity contribution is 0.433. The van der Waals surface area contributed by atoms with Crippen LogP contribution < -0.4 is 5.32 Å². The first-order valence-corrected chi connectivity index (χ1v) is 7.46. The lowest BCUT2D eigenvalue weighted by Crippen LogP contribution is -2.32. The summed E-state index contributed by atoms with van der Waals surface area (Å²) in [5.41, 5.74) is 0. The van der Waals surface area contributed by atoms with Crippen LogP contribution in [-0.4, -0.2) is 27.4 Å². The lowest BCUT2D eigenvalue weighted by atomic mass is 10.1. The molecule has 2 heterocycles. The second kappa shape index (κ2) is 7.85. The zero-order valence-electron chi connectivity index (χ0n) is 12.4. The average molecular weight is 276 g/mol. The third kappa shape index (κ3) is 4.20. The monoisotopic (exact) mass is 276 g/mol. The Balaban J connectivity index is 1.92. The molecule has 1 unspecified atom stereocenters. The van der Waals surface area contributed by atoms with Crippen molar-refractivity contribution in [1.82, 2.24) is 20.1 Å². The summed E-state index contributed by atoms with van der Waals surface area (Å²) in [6.07, 6.45) is 7.37. The highest BCUT2D eigenvalue weighted by atomic mass is 16.3. The molecule has 0 radical (unpaired) electrons. The minimum atomic E-state index is 0.407. The summed E-state index contributed by atoms with van der Waals surface area (Å²) in [5, 5.41) is 7.82. The van der Waals surface area contributed by atoms with Crippen LogP contribution in [0.2, 0.25) is 0 Å². The van der Waals surface area contributed by atoms with E-state index in [4.69, 9.17) is 4.42 Å². The molecular formula is C15H24N4O. The standard InChI is InChI=1S/C15H24N4O/c1-3-9-19-15(17-12-18-19)11-13(16-4-2)7-8-14-6-5-10-20-14/h5-6,10,12-13,16H,3-4,7-9,11H2,1-2H3. The molecule has 0 fully saturated rings. The van der Waals surface area contributed by atoms with Crippen LogP contribution in [0.4, 0.5) is 0 Å². The van der Waals surface area contributed by atoms with E-state index in [9.17, 15) is 0 Å². The van der Waals surface area contributed by atoms with Crippen LogP contribution in [0, 0.1) is 0 Å². The number of nitrogens with zero attached hydrogens (tertiary/aromatic N) is 3. The van der Waals surface area contributed by atoms with Gasteiger partial charge in [-0.05, 0) is 31.5 Å². The van der Waals surface area contributed by atoms with E-state index in [-0.39, 0.29) is 0 Å². The molecule has 2 aromatic rings. The lowest BCUT2D eigenvalue weighted by Gasteiger charge is -2.17. The molecule has 0 aliphatic heterocycles. The van der Waals surface area contributed by atoms with E-state index >= 15 is 0 Å². The zero-order chi connectivity index (χ0) is 14.2. The Hall–Kier alpha value is -1.62. The van der Waals surface area contributed by atoms with Crippen molar-refractivity contribution >= 4 is 0 Å². The summed E-state index contributed by atoms with van der Waals surface area (Å²) in [6.45, 7) is 6.19. The van der Waals surface area contributed by atoms with Crippen molar-refractivity contribution < 1.29 is 4.42 Å². The fraction of sp³-hybridized carbons (Fsp3) is 0.600. The van der Waals surface area contributed by atoms with Gasteiger partial charge in [0.15, 0.2) is 0 Å². The van der Waals surface area contributed by atoms with Gasteiger partial charge >= 0.3 is 0 Å². The fourth-order valence-electron chi connectivity index (χ4n) is 2.40. The maximum Gasteiger partial charge on any atom is 0.138 e. The third-order valence-corrected chi connectivity index (χ3v) is 3.37. The van der Waals surface area contributed by atoms with Crippen LogP contribution in [0.15, 0.2) is 29.1 Å². The maximum absolute atomic E-state index is 5.40. The summed E-state index contributed by atoms with van der Waals surface area (Å²) < 4.78 is 7.41. The molecule has 0 bridgehead atoms. The van der Waals surface area contributed by atoms with Gasteiger partial charge in [-0.25, -0.2) is 4.98 Å². The number of nitrogens with one attached hydrogen (secondary N) is 1. The highest BCUT2D eigenvalue weighted by Gasteiger charge is 2.13. The number of aryl methyl sites for hydroxylation is 2. The molecule has 110 valence electrons. The first kappa shape index (κ1) is 14.8. The minimum absolute atomic E-state index is 0.407. The first-order valence-electron chi connectivity index (χ1n) is 7.46. The summed E-state index contributed by atoms with van der Waals surface area (Å²) in [7, 11) is 0. The van der Waals surface area contributed by atoms with Gasteiger partial charge in [0.25, 0.3) is 0 Å². The Morgan fingerprint density at radius 1 is 1.40 bits per heavy atom. The van der Waals surface area contributed by atoms with Crippen molar-refractivity contribution in [2.45, 2.75) is 52.1 Å². The Morgan fingerprint density at radius 2 is 2.30 bits per heavy atom. The zero-order valence-corrected chi connectivity index (χ0v) is 12.4. The summed E-state index contributed by atoms with van der Waals surface area (Å²) in [5.74, 6) is 2.11. The van der Waals surface area contributed by atoms with Crippen LogP contribution in [0.3, 0.4) is 0 Å². The fourth-order valence-corrected chi connectivity index (χ4v) is 2.40. The van der Waals surface area contributed by atoms with Crippen molar-refractivity contribution in [2.24, 2.45) is 0 Å². The number of furan rings is 1. The van der Waals surface area contributed by atoms with Crippen molar-refractivity contribution in [3.8, 4) is 0 Å². The van der Waals surface area contributed by atoms with E-state index in [1.807, 2.05) is 16.8 Å². The second-order valence-electron chi connectivity index (χ2n) is 4.98. The summed E-state index contributed by atoms with van der Waals surface area (Å²) in [4.78, 5) is 4.39. The maximum atomic E-state index is 5.40. The van der Waals surface area contributed by atoms with Crippen LogP contribution in [0.1, 0.15) is 38.3 Å². The van der Waals surface area contributed by atoms with Crippen molar-refractivity contribution in [2.75, 3.05) is 6.54 Å². The third-order valence-electron chi connectivity index (χ3n) is 3.37. The van der Waals surface area contributed by atoms with Crippen LogP contribution >= 0.6 is 0 Å². The van der Waals surface area contributed by atoms with E-state index in [1.165, 1.54) is 0 Å². The molecule has 0 saturated carbocycles. The number of hydrogen-bond acceptors (Lipinski definition) is 4. The Labute approximate surface area is 120 Å². The molecule has 0 aliphatic carbocycles. The van der Waals surface area contributed by atoms with Gasteiger partial charge in [-0.3, -0.25) is 4.68 Å². The van der Waals surface area contributed by atoms with Crippen LogP contribution in [-0.2, 0) is 19.4 Å². The average Bonchev–Trinajstić information content (AvgIpc) is 3.09.